The van der Waals surface area contributed by atoms with Crippen LogP contribution >= 0.6 is 39.0 Å². The number of nitrogens with one attached hydrogen (secondary N) is 2. The van der Waals surface area contributed by atoms with Crippen LogP contribution in [-0.2, 0) is 26.7 Å². The van der Waals surface area contributed by atoms with E-state index in [1.54, 1.807) is 0 Å². The third-order valence-corrected chi connectivity index (χ3v) is 10.3. The number of benzene rings is 3. The molecule has 3 atom stereocenters. The molecule has 1 aromatic heterocycles. The van der Waals surface area contributed by atoms with E-state index in [4.69, 9.17) is 4.74 Å². The highest BCUT2D eigenvalue weighted by Crippen LogP contribution is 2.55. The minimum atomic E-state index is -4.88. The highest BCUT2D eigenvalue weighted by Gasteiger charge is 2.58. The molecule has 17 heteroatoms. The monoisotopic (exact) mass is 757 g/mol. The summed E-state index contributed by atoms with van der Waals surface area (Å²) in [6.45, 7) is -0.773. The molecule has 0 saturated carbocycles. The second kappa shape index (κ2) is 12.2. The van der Waals surface area contributed by atoms with Gasteiger partial charge in [0.15, 0.2) is 6.61 Å². The molecule has 1 saturated heterocycles. The third kappa shape index (κ3) is 6.18. The van der Waals surface area contributed by atoms with Crippen molar-refractivity contribution in [3.05, 3.63) is 102 Å². The Kier molecular flexibility index (Phi) is 8.50. The van der Waals surface area contributed by atoms with Crippen molar-refractivity contribution in [1.29, 1.82) is 0 Å². The number of hydrogen-bond donors (Lipinski definition) is 2. The lowest BCUT2D eigenvalue weighted by Crippen LogP contribution is -2.33. The Morgan fingerprint density at radius 3 is 2.28 bits per heavy atom. The van der Waals surface area contributed by atoms with E-state index in [9.17, 15) is 45.5 Å². The lowest BCUT2D eigenvalue weighted by molar-refractivity contribution is -0.138. The molecule has 6 rings (SSSR count). The Balaban J connectivity index is 1.37. The summed E-state index contributed by atoms with van der Waals surface area (Å²) in [4.78, 5) is 55.9. The molecule has 47 heavy (non-hydrogen) atoms. The molecule has 4 aromatic rings. The first-order chi connectivity index (χ1) is 22.1. The van der Waals surface area contributed by atoms with Gasteiger partial charge in [0.2, 0.25) is 11.8 Å². The van der Waals surface area contributed by atoms with E-state index in [0.717, 1.165) is 53.4 Å². The molecule has 0 radical (unpaired) electrons. The number of carbonyl (C=O) groups is 3. The van der Waals surface area contributed by atoms with E-state index >= 15 is 0 Å². The van der Waals surface area contributed by atoms with E-state index in [0.29, 0.717) is 14.2 Å². The van der Waals surface area contributed by atoms with Gasteiger partial charge in [-0.2, -0.15) is 26.3 Å². The van der Waals surface area contributed by atoms with E-state index in [2.05, 4.69) is 26.2 Å². The first-order valence-electron chi connectivity index (χ1n) is 13.5. The predicted octanol–water partition coefficient (Wildman–Crippen LogP) is 7.05. The summed E-state index contributed by atoms with van der Waals surface area (Å²) in [6.07, 6.45) is -9.62. The number of amides is 3. The van der Waals surface area contributed by atoms with Gasteiger partial charge in [-0.25, -0.2) is 4.90 Å². The predicted molar refractivity (Wildman–Crippen MR) is 164 cm³/mol. The Labute approximate surface area is 277 Å². The summed E-state index contributed by atoms with van der Waals surface area (Å²) in [7, 11) is 0. The van der Waals surface area contributed by atoms with Crippen LogP contribution in [0.15, 0.2) is 81.0 Å². The van der Waals surface area contributed by atoms with E-state index in [-0.39, 0.29) is 16.3 Å². The first-order valence-corrected chi connectivity index (χ1v) is 16.0. The number of carbonyl (C=O) groups excluding carboxylic acids is 3. The number of H-pyrrole nitrogens is 1. The van der Waals surface area contributed by atoms with E-state index in [1.165, 1.54) is 36.4 Å². The van der Waals surface area contributed by atoms with Gasteiger partial charge < -0.3 is 15.0 Å². The number of thioether (sulfide) groups is 1. The number of imide groups is 1. The molecule has 0 bridgehead atoms. The number of aromatic amines is 1. The van der Waals surface area contributed by atoms with Crippen molar-refractivity contribution in [2.45, 2.75) is 28.5 Å². The van der Waals surface area contributed by atoms with Gasteiger partial charge in [0, 0.05) is 20.8 Å². The van der Waals surface area contributed by atoms with Crippen molar-refractivity contribution in [3.8, 4) is 5.75 Å². The molecule has 2 unspecified atom stereocenters. The van der Waals surface area contributed by atoms with Gasteiger partial charge in [-0.1, -0.05) is 63.3 Å². The maximum Gasteiger partial charge on any atom is 0.418 e. The van der Waals surface area contributed by atoms with Crippen LogP contribution in [0.3, 0.4) is 0 Å². The third-order valence-electron chi connectivity index (χ3n) is 7.45. The fourth-order valence-electron chi connectivity index (χ4n) is 5.56. The summed E-state index contributed by atoms with van der Waals surface area (Å²) >= 11 is 4.94. The number of rotatable bonds is 6. The fourth-order valence-corrected chi connectivity index (χ4v) is 8.45. The van der Waals surface area contributed by atoms with Crippen LogP contribution in [0.5, 0.6) is 5.75 Å². The normalized spacial score (nSPS) is 19.4. The summed E-state index contributed by atoms with van der Waals surface area (Å²) in [6, 6.07) is 13.0. The number of para-hydroxylation sites is 2. The van der Waals surface area contributed by atoms with Crippen molar-refractivity contribution in [2.24, 2.45) is 5.92 Å². The standard InChI is InChI=1S/C30H18BrF6N3O5S2/c31-13-9-10-19(45-12-20(41)38-17-7-3-1-5-15(17)29(32,33)34)14(11-13)21-22-24(46-25-23(21)47-28(44)39-25)27(43)40(26(22)42)18-8-4-2-6-16(18)30(35,36)37/h1-11,21-22,24H,12H2,(H,38,41)(H,39,44)/t21-,22?,24?/m1/s1. The zero-order chi connectivity index (χ0) is 33.8. The van der Waals surface area contributed by atoms with Crippen LogP contribution < -0.4 is 19.8 Å². The van der Waals surface area contributed by atoms with Crippen molar-refractivity contribution < 1.29 is 45.5 Å². The maximum absolute atomic E-state index is 14.0. The zero-order valence-electron chi connectivity index (χ0n) is 23.2. The van der Waals surface area contributed by atoms with Crippen LogP contribution in [0.25, 0.3) is 0 Å². The fraction of sp³-hybridized carbons (Fsp3) is 0.200. The van der Waals surface area contributed by atoms with Crippen LogP contribution in [0.1, 0.15) is 27.5 Å². The van der Waals surface area contributed by atoms with E-state index in [1.807, 2.05) is 0 Å². The molecule has 2 aliphatic heterocycles. The van der Waals surface area contributed by atoms with Crippen LogP contribution in [0, 0.1) is 5.92 Å². The lowest BCUT2D eigenvalue weighted by Gasteiger charge is -2.31. The summed E-state index contributed by atoms with van der Waals surface area (Å²) < 4.78 is 88.3. The Hall–Kier alpha value is -4.09. The Bertz CT molecular complexity index is 1980. The molecule has 1 fully saturated rings. The number of thiazole rings is 1. The smallest absolute Gasteiger partial charge is 0.418 e. The number of nitrogens with zero attached hydrogens (tertiary/aromatic N) is 1. The van der Waals surface area contributed by atoms with Gasteiger partial charge in [0.1, 0.15) is 11.0 Å². The summed E-state index contributed by atoms with van der Waals surface area (Å²) in [5.41, 5.74) is -3.18. The molecular formula is C30H18BrF6N3O5S2. The molecule has 3 amide bonds. The molecule has 244 valence electrons. The number of halogens is 7. The van der Waals surface area contributed by atoms with Crippen molar-refractivity contribution >= 4 is 68.1 Å². The van der Waals surface area contributed by atoms with Gasteiger partial charge in [0.05, 0.1) is 33.4 Å². The molecule has 0 aliphatic carbocycles. The SMILES string of the molecule is O=C(COc1ccc(Br)cc1[C@H]1c2sc(=O)[nH]c2SC2C(=O)N(c3ccccc3C(F)(F)F)C(=O)C21)Nc1ccccc1C(F)(F)F. The van der Waals surface area contributed by atoms with Crippen molar-refractivity contribution in [3.63, 3.8) is 0 Å². The van der Waals surface area contributed by atoms with Crippen LogP contribution in [-0.4, -0.2) is 34.6 Å². The highest BCUT2D eigenvalue weighted by atomic mass is 79.9. The van der Waals surface area contributed by atoms with Crippen LogP contribution in [0.2, 0.25) is 0 Å². The zero-order valence-corrected chi connectivity index (χ0v) is 26.5. The van der Waals surface area contributed by atoms with Gasteiger partial charge in [-0.15, -0.1) is 0 Å². The summed E-state index contributed by atoms with van der Waals surface area (Å²) in [5, 5.41) is 1.18. The average molecular weight is 759 g/mol. The lowest BCUT2D eigenvalue weighted by atomic mass is 9.82. The number of anilines is 2. The Morgan fingerprint density at radius 1 is 0.915 bits per heavy atom. The molecule has 3 aromatic carbocycles. The number of fused-ring (bicyclic) bond motifs is 2. The topological polar surface area (TPSA) is 109 Å². The minimum Gasteiger partial charge on any atom is -0.483 e. The van der Waals surface area contributed by atoms with E-state index < -0.39 is 81.1 Å². The quantitative estimate of drug-likeness (QED) is 0.161. The van der Waals surface area contributed by atoms with Gasteiger partial charge in [-0.05, 0) is 42.5 Å². The largest absolute Gasteiger partial charge is 0.483 e. The number of hydrogen-bond acceptors (Lipinski definition) is 7. The molecular weight excluding hydrogens is 740 g/mol. The molecule has 0 spiro atoms. The second-order valence-electron chi connectivity index (χ2n) is 10.3. The minimum absolute atomic E-state index is 0.00991. The van der Waals surface area contributed by atoms with Gasteiger partial charge >= 0.3 is 17.2 Å². The molecule has 2 aliphatic rings. The second-order valence-corrected chi connectivity index (χ2v) is 13.4. The average Bonchev–Trinajstić information content (AvgIpc) is 3.49. The Morgan fingerprint density at radius 2 is 1.57 bits per heavy atom. The van der Waals surface area contributed by atoms with Gasteiger partial charge in [0.25, 0.3) is 5.91 Å². The van der Waals surface area contributed by atoms with Gasteiger partial charge in [-0.3, -0.25) is 19.2 Å². The molecule has 2 N–H and O–H groups in total. The molecule has 3 heterocycles. The van der Waals surface area contributed by atoms with Crippen LogP contribution in [0.4, 0.5) is 37.7 Å². The molecule has 8 nitrogen and oxygen atoms in total. The number of alkyl halides is 6. The van der Waals surface area contributed by atoms with Crippen molar-refractivity contribution in [2.75, 3.05) is 16.8 Å². The number of ether oxygens (including phenoxy) is 1. The summed E-state index contributed by atoms with van der Waals surface area (Å²) in [5.74, 6) is -5.19. The first kappa shape index (κ1) is 32.8. The number of aromatic nitrogens is 1. The highest BCUT2D eigenvalue weighted by molar-refractivity contribution is 9.10. The maximum atomic E-state index is 14.0. The van der Waals surface area contributed by atoms with Crippen molar-refractivity contribution in [1.82, 2.24) is 4.98 Å².